The van der Waals surface area contributed by atoms with E-state index in [9.17, 15) is 4.79 Å². The van der Waals surface area contributed by atoms with Crippen LogP contribution >= 0.6 is 0 Å². The van der Waals surface area contributed by atoms with Gasteiger partial charge in [0.25, 0.3) is 0 Å². The molecule has 0 radical (unpaired) electrons. The van der Waals surface area contributed by atoms with Gasteiger partial charge in [0, 0.05) is 26.1 Å². The zero-order valence-corrected chi connectivity index (χ0v) is 8.12. The van der Waals surface area contributed by atoms with Crippen LogP contribution in [0, 0.1) is 0 Å². The molecule has 0 saturated carbocycles. The van der Waals surface area contributed by atoms with Crippen LogP contribution in [0.4, 0.5) is 0 Å². The van der Waals surface area contributed by atoms with Crippen LogP contribution in [-0.2, 0) is 4.79 Å². The molecule has 1 fully saturated rings. The number of aliphatic imine (C=N–C) groups is 1. The maximum Gasteiger partial charge on any atom is 0.224 e. The van der Waals surface area contributed by atoms with Crippen molar-refractivity contribution in [3.05, 3.63) is 0 Å². The maximum absolute atomic E-state index is 11.4. The molecule has 74 valence electrons. The molecule has 4 nitrogen and oxygen atoms in total. The minimum Gasteiger partial charge on any atom is -0.388 e. The van der Waals surface area contributed by atoms with Crippen LogP contribution in [0.1, 0.15) is 26.2 Å². The molecule has 0 aliphatic carbocycles. The molecule has 0 aromatic carbocycles. The third-order valence-electron chi connectivity index (χ3n) is 2.15. The standard InChI is InChI=1S/C9H17N3O/c1-8(10)11-5-4-9(13)12-6-2-3-7-12/h2-7H2,1H3,(H2,10,11). The number of nitrogens with zero attached hydrogens (tertiary/aromatic N) is 2. The zero-order chi connectivity index (χ0) is 9.68. The van der Waals surface area contributed by atoms with Crippen LogP contribution in [0.5, 0.6) is 0 Å². The molecule has 1 amide bonds. The van der Waals surface area contributed by atoms with E-state index in [0.717, 1.165) is 25.9 Å². The Morgan fingerprint density at radius 2 is 2.08 bits per heavy atom. The van der Waals surface area contributed by atoms with Gasteiger partial charge in [0.05, 0.1) is 5.84 Å². The summed E-state index contributed by atoms with van der Waals surface area (Å²) in [6, 6.07) is 0. The number of amides is 1. The lowest BCUT2D eigenvalue weighted by molar-refractivity contribution is -0.129. The van der Waals surface area contributed by atoms with Crippen molar-refractivity contribution >= 4 is 11.7 Å². The van der Waals surface area contributed by atoms with Crippen LogP contribution in [0.3, 0.4) is 0 Å². The number of hydrogen-bond acceptors (Lipinski definition) is 2. The lowest BCUT2D eigenvalue weighted by Crippen LogP contribution is -2.28. The summed E-state index contributed by atoms with van der Waals surface area (Å²) >= 11 is 0. The molecule has 13 heavy (non-hydrogen) atoms. The summed E-state index contributed by atoms with van der Waals surface area (Å²) < 4.78 is 0. The normalized spacial score (nSPS) is 17.9. The average Bonchev–Trinajstić information content (AvgIpc) is 2.55. The maximum atomic E-state index is 11.4. The zero-order valence-electron chi connectivity index (χ0n) is 8.12. The van der Waals surface area contributed by atoms with Crippen molar-refractivity contribution in [2.75, 3.05) is 19.6 Å². The molecule has 0 unspecified atom stereocenters. The van der Waals surface area contributed by atoms with Crippen LogP contribution in [-0.4, -0.2) is 36.3 Å². The molecule has 1 heterocycles. The lowest BCUT2D eigenvalue weighted by atomic mass is 10.3. The van der Waals surface area contributed by atoms with Gasteiger partial charge >= 0.3 is 0 Å². The van der Waals surface area contributed by atoms with Gasteiger partial charge in [-0.15, -0.1) is 0 Å². The Balaban J connectivity index is 2.21. The van der Waals surface area contributed by atoms with Crippen molar-refractivity contribution in [3.8, 4) is 0 Å². The minimum atomic E-state index is 0.211. The number of nitrogens with two attached hydrogens (primary N) is 1. The second kappa shape index (κ2) is 4.84. The van der Waals surface area contributed by atoms with Gasteiger partial charge in [-0.05, 0) is 19.8 Å². The van der Waals surface area contributed by atoms with Crippen LogP contribution < -0.4 is 5.73 Å². The highest BCUT2D eigenvalue weighted by Gasteiger charge is 2.16. The second-order valence-electron chi connectivity index (χ2n) is 3.36. The first-order chi connectivity index (χ1) is 6.20. The molecule has 0 aromatic heterocycles. The summed E-state index contributed by atoms with van der Waals surface area (Å²) in [7, 11) is 0. The van der Waals surface area contributed by atoms with Crippen molar-refractivity contribution in [1.29, 1.82) is 0 Å². The first kappa shape index (κ1) is 10.0. The first-order valence-electron chi connectivity index (χ1n) is 4.74. The summed E-state index contributed by atoms with van der Waals surface area (Å²) in [4.78, 5) is 17.3. The summed E-state index contributed by atoms with van der Waals surface area (Å²) in [5.41, 5.74) is 5.36. The molecule has 2 N–H and O–H groups in total. The van der Waals surface area contributed by atoms with Gasteiger partial charge in [-0.2, -0.15) is 0 Å². The minimum absolute atomic E-state index is 0.211. The van der Waals surface area contributed by atoms with Crippen molar-refractivity contribution in [1.82, 2.24) is 4.90 Å². The quantitative estimate of drug-likeness (QED) is 0.508. The molecule has 1 aliphatic heterocycles. The van der Waals surface area contributed by atoms with E-state index in [2.05, 4.69) is 4.99 Å². The van der Waals surface area contributed by atoms with Gasteiger partial charge < -0.3 is 10.6 Å². The van der Waals surface area contributed by atoms with E-state index in [-0.39, 0.29) is 5.91 Å². The number of carbonyl (C=O) groups excluding carboxylic acids is 1. The van der Waals surface area contributed by atoms with Crippen molar-refractivity contribution < 1.29 is 4.79 Å². The molecular weight excluding hydrogens is 166 g/mol. The highest BCUT2D eigenvalue weighted by molar-refractivity contribution is 5.79. The average molecular weight is 183 g/mol. The van der Waals surface area contributed by atoms with Crippen molar-refractivity contribution in [2.24, 2.45) is 10.7 Å². The molecule has 0 atom stereocenters. The van der Waals surface area contributed by atoms with Gasteiger partial charge in [0.1, 0.15) is 0 Å². The van der Waals surface area contributed by atoms with Crippen LogP contribution in [0.2, 0.25) is 0 Å². The topological polar surface area (TPSA) is 58.7 Å². The number of carbonyl (C=O) groups is 1. The van der Waals surface area contributed by atoms with Gasteiger partial charge in [0.15, 0.2) is 0 Å². The predicted molar refractivity (Wildman–Crippen MR) is 52.6 cm³/mol. The number of likely N-dealkylation sites (tertiary alicyclic amines) is 1. The molecule has 0 bridgehead atoms. The fraction of sp³-hybridized carbons (Fsp3) is 0.778. The molecular formula is C9H17N3O. The Morgan fingerprint density at radius 3 is 2.62 bits per heavy atom. The number of amidine groups is 1. The van der Waals surface area contributed by atoms with E-state index in [1.807, 2.05) is 4.90 Å². The summed E-state index contributed by atoms with van der Waals surface area (Å²) in [6.07, 6.45) is 2.78. The molecule has 1 rings (SSSR count). The van der Waals surface area contributed by atoms with E-state index in [0.29, 0.717) is 18.8 Å². The van der Waals surface area contributed by atoms with E-state index in [4.69, 9.17) is 5.73 Å². The van der Waals surface area contributed by atoms with Gasteiger partial charge in [-0.25, -0.2) is 0 Å². The SMILES string of the molecule is CC(N)=NCCC(=O)N1CCCC1. The molecule has 4 heteroatoms. The molecule has 1 aliphatic rings. The Morgan fingerprint density at radius 1 is 1.46 bits per heavy atom. The van der Waals surface area contributed by atoms with Gasteiger partial charge in [-0.1, -0.05) is 0 Å². The second-order valence-corrected chi connectivity index (χ2v) is 3.36. The Kier molecular flexibility index (Phi) is 3.73. The largest absolute Gasteiger partial charge is 0.388 e. The highest BCUT2D eigenvalue weighted by Crippen LogP contribution is 2.08. The van der Waals surface area contributed by atoms with Crippen molar-refractivity contribution in [2.45, 2.75) is 26.2 Å². The third kappa shape index (κ3) is 3.44. The van der Waals surface area contributed by atoms with Crippen LogP contribution in [0.25, 0.3) is 0 Å². The monoisotopic (exact) mass is 183 g/mol. The van der Waals surface area contributed by atoms with Crippen molar-refractivity contribution in [3.63, 3.8) is 0 Å². The van der Waals surface area contributed by atoms with Crippen LogP contribution in [0.15, 0.2) is 4.99 Å². The van der Waals surface area contributed by atoms with E-state index >= 15 is 0 Å². The molecule has 0 spiro atoms. The third-order valence-corrected chi connectivity index (χ3v) is 2.15. The summed E-state index contributed by atoms with van der Waals surface area (Å²) in [5.74, 6) is 0.761. The smallest absolute Gasteiger partial charge is 0.224 e. The Labute approximate surface area is 78.8 Å². The van der Waals surface area contributed by atoms with Gasteiger partial charge in [-0.3, -0.25) is 9.79 Å². The van der Waals surface area contributed by atoms with E-state index < -0.39 is 0 Å². The summed E-state index contributed by atoms with van der Waals surface area (Å²) in [5, 5.41) is 0. The molecule has 1 saturated heterocycles. The predicted octanol–water partition coefficient (Wildman–Crippen LogP) is 0.376. The van der Waals surface area contributed by atoms with Gasteiger partial charge in [0.2, 0.25) is 5.91 Å². The first-order valence-corrected chi connectivity index (χ1v) is 4.74. The van der Waals surface area contributed by atoms with E-state index in [1.54, 1.807) is 6.92 Å². The Hall–Kier alpha value is -1.06. The summed E-state index contributed by atoms with van der Waals surface area (Å²) in [6.45, 7) is 4.10. The Bertz CT molecular complexity index is 203. The fourth-order valence-corrected chi connectivity index (χ4v) is 1.45. The van der Waals surface area contributed by atoms with E-state index in [1.165, 1.54) is 0 Å². The number of rotatable bonds is 3. The fourth-order valence-electron chi connectivity index (χ4n) is 1.45. The lowest BCUT2D eigenvalue weighted by Gasteiger charge is -2.13. The molecule has 0 aromatic rings. The number of hydrogen-bond donors (Lipinski definition) is 1. The highest BCUT2D eigenvalue weighted by atomic mass is 16.2.